The Morgan fingerprint density at radius 3 is 2.89 bits per heavy atom. The number of carbonyl (C=O) groups is 1. The maximum Gasteiger partial charge on any atom is 0.238 e. The third-order valence-electron chi connectivity index (χ3n) is 4.53. The third kappa shape index (κ3) is 3.90. The molecule has 6 nitrogen and oxygen atoms in total. The van der Waals surface area contributed by atoms with Gasteiger partial charge in [0.05, 0.1) is 16.8 Å². The van der Waals surface area contributed by atoms with Crippen molar-refractivity contribution in [3.05, 3.63) is 57.7 Å². The van der Waals surface area contributed by atoms with Gasteiger partial charge < -0.3 is 14.7 Å². The highest BCUT2D eigenvalue weighted by atomic mass is 35.5. The molecule has 0 radical (unpaired) electrons. The van der Waals surface area contributed by atoms with Crippen LogP contribution in [0.15, 0.2) is 41.7 Å². The second kappa shape index (κ2) is 8.31. The lowest BCUT2D eigenvalue weighted by atomic mass is 9.83. The van der Waals surface area contributed by atoms with Crippen LogP contribution in [0.4, 0.5) is 0 Å². The van der Waals surface area contributed by atoms with Crippen LogP contribution in [-0.2, 0) is 15.1 Å². The van der Waals surface area contributed by atoms with Crippen LogP contribution in [0.3, 0.4) is 0 Å². The summed E-state index contributed by atoms with van der Waals surface area (Å²) in [5, 5.41) is 12.8. The molecule has 28 heavy (non-hydrogen) atoms. The van der Waals surface area contributed by atoms with Gasteiger partial charge in [-0.25, -0.2) is 4.98 Å². The normalized spacial score (nSPS) is 19.8. The average Bonchev–Trinajstić information content (AvgIpc) is 2.69. The van der Waals surface area contributed by atoms with Gasteiger partial charge in [0.1, 0.15) is 10.8 Å². The first-order valence-corrected chi connectivity index (χ1v) is 9.27. The van der Waals surface area contributed by atoms with Gasteiger partial charge in [0.2, 0.25) is 5.88 Å². The molecule has 2 atom stereocenters. The number of benzene rings is 1. The van der Waals surface area contributed by atoms with Crippen LogP contribution in [0.5, 0.6) is 11.6 Å². The van der Waals surface area contributed by atoms with Gasteiger partial charge in [-0.3, -0.25) is 4.79 Å². The van der Waals surface area contributed by atoms with E-state index in [1.165, 1.54) is 12.3 Å². The predicted octanol–water partition coefficient (Wildman–Crippen LogP) is 5.25. The second-order valence-corrected chi connectivity index (χ2v) is 7.22. The van der Waals surface area contributed by atoms with Gasteiger partial charge in [0.15, 0.2) is 11.9 Å². The van der Waals surface area contributed by atoms with Crippen LogP contribution in [0, 0.1) is 0 Å². The summed E-state index contributed by atoms with van der Waals surface area (Å²) in [5.41, 5.74) is 0.456. The second-order valence-electron chi connectivity index (χ2n) is 6.38. The number of aromatic nitrogens is 1. The largest absolute Gasteiger partial charge is 0.437 e. The lowest BCUT2D eigenvalue weighted by Crippen LogP contribution is -2.38. The highest BCUT2D eigenvalue weighted by Gasteiger charge is 2.39. The topological polar surface area (TPSA) is 81.0 Å². The van der Waals surface area contributed by atoms with Crippen LogP contribution >= 0.6 is 23.2 Å². The van der Waals surface area contributed by atoms with Gasteiger partial charge in [-0.2, -0.15) is 0 Å². The van der Waals surface area contributed by atoms with Crippen LogP contribution in [-0.4, -0.2) is 28.3 Å². The Hall–Kier alpha value is -2.41. The first-order valence-electron chi connectivity index (χ1n) is 8.52. The molecule has 3 rings (SSSR count). The molecule has 1 aromatic carbocycles. The molecule has 8 heteroatoms. The molecule has 0 amide bonds. The predicted molar refractivity (Wildman–Crippen MR) is 108 cm³/mol. The highest BCUT2D eigenvalue weighted by molar-refractivity contribution is 6.35. The van der Waals surface area contributed by atoms with Crippen molar-refractivity contribution in [1.82, 2.24) is 4.98 Å². The molecule has 1 aromatic heterocycles. The molecule has 2 aromatic rings. The number of hydrogen-bond donors (Lipinski definition) is 1. The van der Waals surface area contributed by atoms with E-state index in [-0.39, 0.29) is 10.9 Å². The number of fused-ring (bicyclic) bond motifs is 1. The van der Waals surface area contributed by atoms with Gasteiger partial charge >= 0.3 is 0 Å². The van der Waals surface area contributed by atoms with E-state index in [1.807, 2.05) is 12.2 Å². The number of halogens is 2. The summed E-state index contributed by atoms with van der Waals surface area (Å²) >= 11 is 12.0. The molecule has 1 aliphatic rings. The molecule has 0 saturated carbocycles. The van der Waals surface area contributed by atoms with Crippen molar-refractivity contribution in [1.29, 1.82) is 0 Å². The molecule has 1 heterocycles. The molecule has 0 aliphatic heterocycles. The molecule has 146 valence electrons. The summed E-state index contributed by atoms with van der Waals surface area (Å²) in [6, 6.07) is 6.85. The van der Waals surface area contributed by atoms with Gasteiger partial charge in [-0.1, -0.05) is 52.6 Å². The Kier molecular flexibility index (Phi) is 6.03. The number of aldehydes is 1. The maximum absolute atomic E-state index is 12.1. The highest BCUT2D eigenvalue weighted by Crippen LogP contribution is 2.42. The zero-order chi connectivity index (χ0) is 20.3. The minimum absolute atomic E-state index is 0.202. The fourth-order valence-electron chi connectivity index (χ4n) is 2.95. The first-order chi connectivity index (χ1) is 13.4. The average molecular weight is 421 g/mol. The molecule has 2 unspecified atom stereocenters. The summed E-state index contributed by atoms with van der Waals surface area (Å²) < 4.78 is 11.9. The van der Waals surface area contributed by atoms with Crippen molar-refractivity contribution >= 4 is 41.3 Å². The van der Waals surface area contributed by atoms with Gasteiger partial charge in [-0.05, 0) is 26.0 Å². The molecule has 0 spiro atoms. The quantitative estimate of drug-likeness (QED) is 0.298. The summed E-state index contributed by atoms with van der Waals surface area (Å²) in [5.74, 6) is 0.674. The Balaban J connectivity index is 2.02. The lowest BCUT2D eigenvalue weighted by molar-refractivity contribution is -0.135. The van der Waals surface area contributed by atoms with Crippen molar-refractivity contribution < 1.29 is 19.5 Å². The van der Waals surface area contributed by atoms with E-state index in [9.17, 15) is 4.79 Å². The smallest absolute Gasteiger partial charge is 0.238 e. The number of oxime groups is 1. The standard InChI is InChI=1S/C20H18Cl2N2O4/c1-12(24-26)13(2)28-20(11-25)8-4-5-15-16(20)6-3-7-18(15)27-19-17(22)9-14(21)10-23-19/h3-7,9-11,13,26H,8H2,1-2H3. The molecule has 0 fully saturated rings. The van der Waals surface area contributed by atoms with Crippen LogP contribution < -0.4 is 4.74 Å². The zero-order valence-electron chi connectivity index (χ0n) is 15.2. The number of rotatable bonds is 6. The van der Waals surface area contributed by atoms with E-state index in [0.717, 1.165) is 6.29 Å². The third-order valence-corrected chi connectivity index (χ3v) is 5.01. The monoisotopic (exact) mass is 420 g/mol. The Bertz CT molecular complexity index is 961. The van der Waals surface area contributed by atoms with E-state index in [4.69, 9.17) is 37.9 Å². The van der Waals surface area contributed by atoms with E-state index >= 15 is 0 Å². The van der Waals surface area contributed by atoms with E-state index in [2.05, 4.69) is 10.1 Å². The fourth-order valence-corrected chi connectivity index (χ4v) is 3.37. The van der Waals surface area contributed by atoms with Gasteiger partial charge in [0.25, 0.3) is 0 Å². The molecule has 1 N–H and O–H groups in total. The fraction of sp³-hybridized carbons (Fsp3) is 0.250. The van der Waals surface area contributed by atoms with E-state index in [0.29, 0.717) is 34.0 Å². The molecular formula is C20H18Cl2N2O4. The molecule has 1 aliphatic carbocycles. The first kappa shape index (κ1) is 20.3. The summed E-state index contributed by atoms with van der Waals surface area (Å²) in [6.45, 7) is 3.34. The molecule has 0 bridgehead atoms. The Labute approximate surface area is 172 Å². The number of carbonyl (C=O) groups excluding carboxylic acids is 1. The van der Waals surface area contributed by atoms with Crippen molar-refractivity contribution in [2.75, 3.05) is 0 Å². The number of ether oxygens (including phenoxy) is 2. The van der Waals surface area contributed by atoms with Crippen molar-refractivity contribution in [2.24, 2.45) is 5.16 Å². The molecular weight excluding hydrogens is 403 g/mol. The van der Waals surface area contributed by atoms with Crippen molar-refractivity contribution in [3.8, 4) is 11.6 Å². The SMILES string of the molecule is CC(=NO)C(C)OC1(C=O)CC=Cc2c(Oc3ncc(Cl)cc3Cl)cccc21. The Morgan fingerprint density at radius 2 is 2.21 bits per heavy atom. The van der Waals surface area contributed by atoms with Crippen LogP contribution in [0.25, 0.3) is 6.08 Å². The summed E-state index contributed by atoms with van der Waals surface area (Å²) in [6.07, 6.45) is 5.66. The number of nitrogens with zero attached hydrogens (tertiary/aromatic N) is 2. The zero-order valence-corrected chi connectivity index (χ0v) is 16.7. The summed E-state index contributed by atoms with van der Waals surface area (Å²) in [4.78, 5) is 16.2. The minimum atomic E-state index is -1.23. The number of pyridine rings is 1. The van der Waals surface area contributed by atoms with Gasteiger partial charge in [0, 0.05) is 23.7 Å². The Morgan fingerprint density at radius 1 is 1.43 bits per heavy atom. The minimum Gasteiger partial charge on any atom is -0.437 e. The van der Waals surface area contributed by atoms with Gasteiger partial charge in [-0.15, -0.1) is 0 Å². The number of hydrogen-bond acceptors (Lipinski definition) is 6. The molecule has 0 saturated heterocycles. The van der Waals surface area contributed by atoms with Crippen LogP contribution in [0.1, 0.15) is 31.4 Å². The lowest BCUT2D eigenvalue weighted by Gasteiger charge is -2.34. The van der Waals surface area contributed by atoms with Crippen molar-refractivity contribution in [3.63, 3.8) is 0 Å². The van der Waals surface area contributed by atoms with Crippen molar-refractivity contribution in [2.45, 2.75) is 32.0 Å². The summed E-state index contributed by atoms with van der Waals surface area (Å²) in [7, 11) is 0. The van der Waals surface area contributed by atoms with E-state index < -0.39 is 11.7 Å². The van der Waals surface area contributed by atoms with E-state index in [1.54, 1.807) is 32.0 Å². The maximum atomic E-state index is 12.1. The van der Waals surface area contributed by atoms with Crippen LogP contribution in [0.2, 0.25) is 10.0 Å².